The molecule has 0 aliphatic carbocycles. The van der Waals surface area contributed by atoms with Gasteiger partial charge in [-0.05, 0) is 71.8 Å². The summed E-state index contributed by atoms with van der Waals surface area (Å²) in [4.78, 5) is -0.751. The number of phenolic OH excluding ortho intramolecular Hbond substituents is 2. The summed E-state index contributed by atoms with van der Waals surface area (Å²) < 4.78 is 117. The van der Waals surface area contributed by atoms with Gasteiger partial charge in [0.25, 0.3) is 10.1 Å². The van der Waals surface area contributed by atoms with Crippen LogP contribution in [0.5, 0.6) is 11.5 Å². The Hall–Kier alpha value is -4.60. The number of aromatic hydroxyl groups is 2. The summed E-state index contributed by atoms with van der Waals surface area (Å²) >= 11 is 0.378. The van der Waals surface area contributed by atoms with Crippen LogP contribution in [0.3, 0.4) is 0 Å². The molecule has 4 N–H and O–H groups in total. The van der Waals surface area contributed by atoms with E-state index in [1.54, 1.807) is 0 Å². The van der Waals surface area contributed by atoms with Crippen LogP contribution in [0.1, 0.15) is 11.1 Å². The molecule has 12 nitrogen and oxygen atoms in total. The van der Waals surface area contributed by atoms with Crippen molar-refractivity contribution in [2.24, 2.45) is 20.5 Å². The number of azo groups is 2. The zero-order chi connectivity index (χ0) is 33.9. The van der Waals surface area contributed by atoms with Crippen LogP contribution in [-0.2, 0) is 31.8 Å². The smallest absolute Gasteiger partial charge is 0.420 e. The Labute approximate surface area is 258 Å². The van der Waals surface area contributed by atoms with Crippen LogP contribution < -0.4 is 0 Å². The quantitative estimate of drug-likeness (QED) is 0.0332. The van der Waals surface area contributed by atoms with Crippen LogP contribution >= 0.6 is 12.0 Å². The number of hydrogen-bond acceptors (Lipinski definition) is 12. The third-order valence-electron chi connectivity index (χ3n) is 5.80. The summed E-state index contributed by atoms with van der Waals surface area (Å²) in [7, 11) is -4.98. The van der Waals surface area contributed by atoms with Gasteiger partial charge in [-0.25, -0.2) is 5.26 Å². The van der Waals surface area contributed by atoms with Crippen molar-refractivity contribution >= 4 is 44.9 Å². The van der Waals surface area contributed by atoms with Gasteiger partial charge in [0.15, 0.2) is 0 Å². The van der Waals surface area contributed by atoms with Gasteiger partial charge in [0.05, 0.1) is 39.4 Å². The van der Waals surface area contributed by atoms with Gasteiger partial charge in [-0.15, -0.1) is 14.6 Å². The summed E-state index contributed by atoms with van der Waals surface area (Å²) in [6.45, 7) is 0. The van der Waals surface area contributed by atoms with Gasteiger partial charge in [0, 0.05) is 0 Å². The van der Waals surface area contributed by atoms with E-state index in [-0.39, 0.29) is 27.4 Å². The van der Waals surface area contributed by atoms with E-state index >= 15 is 0 Å². The lowest BCUT2D eigenvalue weighted by molar-refractivity contribution is -0.432. The summed E-state index contributed by atoms with van der Waals surface area (Å²) in [6, 6.07) is 11.9. The highest BCUT2D eigenvalue weighted by molar-refractivity contribution is 7.94. The zero-order valence-corrected chi connectivity index (χ0v) is 23.9. The molecule has 0 atom stereocenters. The molecule has 242 valence electrons. The summed E-state index contributed by atoms with van der Waals surface area (Å²) in [6.07, 6.45) is -9.79. The average molecular weight is 691 g/mol. The minimum atomic E-state index is -4.98. The third kappa shape index (κ3) is 8.35. The van der Waals surface area contributed by atoms with Gasteiger partial charge in [0.2, 0.25) is 0 Å². The Morgan fingerprint density at radius 1 is 0.652 bits per heavy atom. The molecule has 0 fully saturated rings. The Morgan fingerprint density at radius 3 is 1.61 bits per heavy atom. The lowest BCUT2D eigenvalue weighted by atomic mass is 10.0. The molecule has 0 unspecified atom stereocenters. The van der Waals surface area contributed by atoms with Crippen molar-refractivity contribution in [1.82, 2.24) is 0 Å². The van der Waals surface area contributed by atoms with Gasteiger partial charge in [-0.1, -0.05) is 17.2 Å². The molecule has 0 aliphatic heterocycles. The number of phenols is 2. The van der Waals surface area contributed by atoms with Gasteiger partial charge >= 0.3 is 12.4 Å². The normalized spacial score (nSPS) is 12.8. The lowest BCUT2D eigenvalue weighted by Crippen LogP contribution is -2.04. The SMILES string of the molecule is O=S(=O)(O)c1cc(-c2ccc(N=Nc3ccc(O)c(C(F)(F)F)c3)c(SOOO)c2)ccc1N=Nc1ccc(O)c(C(F)(F)F)c1. The molecule has 4 aromatic rings. The highest BCUT2D eigenvalue weighted by Gasteiger charge is 2.35. The van der Waals surface area contributed by atoms with Crippen molar-refractivity contribution in [2.75, 3.05) is 0 Å². The summed E-state index contributed by atoms with van der Waals surface area (Å²) in [5.41, 5.74) is -3.57. The first-order chi connectivity index (χ1) is 21.5. The maximum atomic E-state index is 13.1. The van der Waals surface area contributed by atoms with Gasteiger partial charge in [-0.2, -0.15) is 45.0 Å². The van der Waals surface area contributed by atoms with Crippen molar-refractivity contribution in [1.29, 1.82) is 0 Å². The summed E-state index contributed by atoms with van der Waals surface area (Å²) in [5, 5.41) is 45.9. The fraction of sp³-hybridized carbons (Fsp3) is 0.0769. The van der Waals surface area contributed by atoms with E-state index in [1.807, 2.05) is 0 Å². The first-order valence-electron chi connectivity index (χ1n) is 12.0. The van der Waals surface area contributed by atoms with Crippen LogP contribution in [-0.4, -0.2) is 28.4 Å². The molecule has 0 saturated carbocycles. The van der Waals surface area contributed by atoms with Crippen molar-refractivity contribution in [3.63, 3.8) is 0 Å². The Morgan fingerprint density at radius 2 is 1.13 bits per heavy atom. The Bertz CT molecular complexity index is 1940. The minimum absolute atomic E-state index is 0.0278. The monoisotopic (exact) mass is 690 g/mol. The van der Waals surface area contributed by atoms with Gasteiger partial charge in [-0.3, -0.25) is 4.55 Å². The molecule has 0 saturated heterocycles. The van der Waals surface area contributed by atoms with E-state index < -0.39 is 61.4 Å². The van der Waals surface area contributed by atoms with Crippen molar-refractivity contribution in [3.05, 3.63) is 83.9 Å². The van der Waals surface area contributed by atoms with E-state index in [4.69, 9.17) is 5.26 Å². The van der Waals surface area contributed by atoms with Crippen LogP contribution in [0.4, 0.5) is 49.1 Å². The molecule has 46 heavy (non-hydrogen) atoms. The Balaban J connectivity index is 1.70. The molecule has 20 heteroatoms. The minimum Gasteiger partial charge on any atom is -0.507 e. The topological polar surface area (TPSA) is 183 Å². The molecule has 0 bridgehead atoms. The second-order valence-corrected chi connectivity index (χ2v) is 11.0. The molecular weight excluding hydrogens is 674 g/mol. The molecule has 4 rings (SSSR count). The first-order valence-corrected chi connectivity index (χ1v) is 14.2. The van der Waals surface area contributed by atoms with E-state index in [2.05, 4.69) is 29.8 Å². The standard InChI is InChI=1S/C26H16F6N4O8S2/c27-25(28,29)17-11-15(3-7-21(17)37)33-35-19-5-1-13(9-23(19)45-44-43-39)14-2-6-20(24(10-14)46(40,41)42)36-34-16-4-8-22(38)18(12-16)26(30,31)32/h1-12,37-39H,(H,40,41,42). The molecule has 4 aromatic carbocycles. The summed E-state index contributed by atoms with van der Waals surface area (Å²) in [5.74, 6) is -2.08. The van der Waals surface area contributed by atoms with E-state index in [9.17, 15) is 49.5 Å². The average Bonchev–Trinajstić information content (AvgIpc) is 2.97. The van der Waals surface area contributed by atoms with Crippen LogP contribution in [0.25, 0.3) is 11.1 Å². The lowest BCUT2D eigenvalue weighted by Gasteiger charge is -2.10. The number of alkyl halides is 6. The third-order valence-corrected chi connectivity index (χ3v) is 7.32. The molecule has 0 heterocycles. The zero-order valence-electron chi connectivity index (χ0n) is 22.2. The molecule has 0 aromatic heterocycles. The van der Waals surface area contributed by atoms with Gasteiger partial charge in [0.1, 0.15) is 27.8 Å². The first kappa shape index (κ1) is 34.3. The second kappa shape index (κ2) is 13.4. The fourth-order valence-electron chi connectivity index (χ4n) is 3.73. The number of benzene rings is 4. The second-order valence-electron chi connectivity index (χ2n) is 8.86. The van der Waals surface area contributed by atoms with Crippen LogP contribution in [0.2, 0.25) is 0 Å². The van der Waals surface area contributed by atoms with Crippen molar-refractivity contribution in [3.8, 4) is 22.6 Å². The Kier molecular flexibility index (Phi) is 9.99. The maximum Gasteiger partial charge on any atom is 0.420 e. The number of nitrogens with zero attached hydrogens (tertiary/aromatic N) is 4. The number of halogens is 6. The molecule has 0 amide bonds. The maximum absolute atomic E-state index is 13.1. The number of rotatable bonds is 9. The predicted molar refractivity (Wildman–Crippen MR) is 147 cm³/mol. The highest BCUT2D eigenvalue weighted by Crippen LogP contribution is 2.41. The highest BCUT2D eigenvalue weighted by atomic mass is 32.2. The largest absolute Gasteiger partial charge is 0.507 e. The molecule has 0 aliphatic rings. The van der Waals surface area contributed by atoms with Crippen molar-refractivity contribution < 1.29 is 64.2 Å². The van der Waals surface area contributed by atoms with E-state index in [0.717, 1.165) is 36.4 Å². The van der Waals surface area contributed by atoms with Gasteiger partial charge < -0.3 is 10.2 Å². The molecule has 0 radical (unpaired) electrons. The predicted octanol–water partition coefficient (Wildman–Crippen LogP) is 9.31. The van der Waals surface area contributed by atoms with E-state index in [1.165, 1.54) is 24.3 Å². The van der Waals surface area contributed by atoms with Crippen LogP contribution in [0.15, 0.2) is 103 Å². The van der Waals surface area contributed by atoms with E-state index in [0.29, 0.717) is 24.2 Å². The molecular formula is C26H16F6N4O8S2. The van der Waals surface area contributed by atoms with Crippen molar-refractivity contribution in [2.45, 2.75) is 22.1 Å². The molecule has 0 spiro atoms. The fourth-order valence-corrected chi connectivity index (χ4v) is 4.85. The number of hydrogen-bond donors (Lipinski definition) is 4. The van der Waals surface area contributed by atoms with Crippen LogP contribution in [0, 0.1) is 0 Å².